The molecule has 76 valence electrons. The summed E-state index contributed by atoms with van der Waals surface area (Å²) in [6.45, 7) is 6.30. The summed E-state index contributed by atoms with van der Waals surface area (Å²) in [5.74, 6) is 0.480. The molecule has 0 heterocycles. The van der Waals surface area contributed by atoms with Crippen LogP contribution in [0.1, 0.15) is 32.4 Å². The van der Waals surface area contributed by atoms with E-state index in [0.29, 0.717) is 5.92 Å². The highest BCUT2D eigenvalue weighted by molar-refractivity contribution is 5.18. The first-order valence-electron chi connectivity index (χ1n) is 5.07. The molecule has 1 aromatic carbocycles. The summed E-state index contributed by atoms with van der Waals surface area (Å²) in [6.07, 6.45) is 3.84. The highest BCUT2D eigenvalue weighted by atomic mass is 16.5. The van der Waals surface area contributed by atoms with Gasteiger partial charge in [0.2, 0.25) is 0 Å². The molecule has 0 bridgehead atoms. The van der Waals surface area contributed by atoms with Gasteiger partial charge in [0.05, 0.1) is 6.26 Å². The lowest BCUT2D eigenvalue weighted by Gasteiger charge is -2.20. The fraction of sp³-hybridized carbons (Fsp3) is 0.385. The minimum atomic E-state index is 0.160. The van der Waals surface area contributed by atoms with Crippen LogP contribution in [0.15, 0.2) is 42.7 Å². The van der Waals surface area contributed by atoms with Crippen LogP contribution >= 0.6 is 0 Å². The Bertz CT molecular complexity index is 275. The number of benzene rings is 1. The Kier molecular flexibility index (Phi) is 4.24. The first-order chi connectivity index (χ1) is 6.75. The van der Waals surface area contributed by atoms with Crippen molar-refractivity contribution in [1.29, 1.82) is 0 Å². The highest BCUT2D eigenvalue weighted by Gasteiger charge is 2.14. The van der Waals surface area contributed by atoms with E-state index in [2.05, 4.69) is 26.0 Å². The van der Waals surface area contributed by atoms with Crippen molar-refractivity contribution in [1.82, 2.24) is 0 Å². The summed E-state index contributed by atoms with van der Waals surface area (Å²) in [7, 11) is 0. The molecule has 0 N–H and O–H groups in total. The summed E-state index contributed by atoms with van der Waals surface area (Å²) < 4.78 is 5.66. The van der Waals surface area contributed by atoms with Crippen LogP contribution in [-0.4, -0.2) is 0 Å². The quantitative estimate of drug-likeness (QED) is 0.653. The maximum absolute atomic E-state index is 5.66. The predicted molar refractivity (Wildman–Crippen MR) is 59.9 cm³/mol. The van der Waals surface area contributed by atoms with E-state index in [1.807, 2.05) is 31.2 Å². The van der Waals surface area contributed by atoms with E-state index in [9.17, 15) is 0 Å². The van der Waals surface area contributed by atoms with E-state index in [4.69, 9.17) is 4.74 Å². The molecule has 1 nitrogen and oxygen atoms in total. The van der Waals surface area contributed by atoms with Crippen molar-refractivity contribution in [2.45, 2.75) is 26.9 Å². The summed E-state index contributed by atoms with van der Waals surface area (Å²) in [6, 6.07) is 10.3. The Balaban J connectivity index is 2.78. The molecule has 1 heteroatoms. The second-order valence-electron chi connectivity index (χ2n) is 3.68. The van der Waals surface area contributed by atoms with Crippen molar-refractivity contribution in [3.8, 4) is 0 Å². The van der Waals surface area contributed by atoms with Gasteiger partial charge in [0.1, 0.15) is 6.10 Å². The number of hydrogen-bond donors (Lipinski definition) is 0. The van der Waals surface area contributed by atoms with E-state index in [0.717, 1.165) is 0 Å². The molecule has 0 aliphatic carbocycles. The first-order valence-corrected chi connectivity index (χ1v) is 5.07. The van der Waals surface area contributed by atoms with Crippen LogP contribution in [-0.2, 0) is 4.74 Å². The maximum Gasteiger partial charge on any atom is 0.125 e. The van der Waals surface area contributed by atoms with Gasteiger partial charge in [-0.2, -0.15) is 0 Å². The average molecular weight is 190 g/mol. The van der Waals surface area contributed by atoms with Gasteiger partial charge in [-0.3, -0.25) is 0 Å². The Morgan fingerprint density at radius 1 is 1.14 bits per heavy atom. The van der Waals surface area contributed by atoms with Crippen LogP contribution in [0.5, 0.6) is 0 Å². The Labute approximate surface area is 86.4 Å². The molecule has 0 aliphatic heterocycles. The zero-order valence-electron chi connectivity index (χ0n) is 9.10. The molecule has 0 aromatic heterocycles. The number of allylic oxidation sites excluding steroid dienone is 1. The van der Waals surface area contributed by atoms with Crippen molar-refractivity contribution in [2.75, 3.05) is 0 Å². The van der Waals surface area contributed by atoms with E-state index in [1.165, 1.54) is 5.56 Å². The Hall–Kier alpha value is -1.24. The topological polar surface area (TPSA) is 9.23 Å². The fourth-order valence-electron chi connectivity index (χ4n) is 1.43. The van der Waals surface area contributed by atoms with Crippen molar-refractivity contribution in [3.05, 3.63) is 48.2 Å². The lowest BCUT2D eigenvalue weighted by atomic mass is 9.99. The van der Waals surface area contributed by atoms with Gasteiger partial charge in [-0.1, -0.05) is 50.3 Å². The lowest BCUT2D eigenvalue weighted by Crippen LogP contribution is -2.07. The van der Waals surface area contributed by atoms with E-state index >= 15 is 0 Å². The van der Waals surface area contributed by atoms with Gasteiger partial charge in [-0.05, 0) is 18.4 Å². The minimum absolute atomic E-state index is 0.160. The second kappa shape index (κ2) is 5.48. The van der Waals surface area contributed by atoms with Crippen molar-refractivity contribution in [2.24, 2.45) is 5.92 Å². The van der Waals surface area contributed by atoms with Gasteiger partial charge in [0.15, 0.2) is 0 Å². The molecule has 0 saturated carbocycles. The molecule has 0 saturated heterocycles. The highest BCUT2D eigenvalue weighted by Crippen LogP contribution is 2.25. The summed E-state index contributed by atoms with van der Waals surface area (Å²) >= 11 is 0. The summed E-state index contributed by atoms with van der Waals surface area (Å²) in [4.78, 5) is 0. The van der Waals surface area contributed by atoms with E-state index in [-0.39, 0.29) is 6.10 Å². The molecule has 1 rings (SSSR count). The largest absolute Gasteiger partial charge is 0.493 e. The fourth-order valence-corrected chi connectivity index (χ4v) is 1.43. The molecule has 0 aliphatic rings. The van der Waals surface area contributed by atoms with Gasteiger partial charge < -0.3 is 4.74 Å². The smallest absolute Gasteiger partial charge is 0.125 e. The maximum atomic E-state index is 5.66. The molecule has 0 spiro atoms. The SMILES string of the molecule is C/C=C/O[C@H](c1ccccc1)C(C)C. The van der Waals surface area contributed by atoms with Gasteiger partial charge in [0, 0.05) is 0 Å². The van der Waals surface area contributed by atoms with Gasteiger partial charge >= 0.3 is 0 Å². The number of hydrogen-bond acceptors (Lipinski definition) is 1. The molecular formula is C13H18O. The molecule has 1 atom stereocenters. The van der Waals surface area contributed by atoms with Crippen molar-refractivity contribution < 1.29 is 4.74 Å². The first kappa shape index (κ1) is 10.8. The van der Waals surface area contributed by atoms with Crippen molar-refractivity contribution >= 4 is 0 Å². The van der Waals surface area contributed by atoms with Crippen LogP contribution in [0.25, 0.3) is 0 Å². The zero-order valence-corrected chi connectivity index (χ0v) is 9.10. The number of ether oxygens (including phenoxy) is 1. The predicted octanol–water partition coefficient (Wildman–Crippen LogP) is 3.93. The second-order valence-corrected chi connectivity index (χ2v) is 3.68. The van der Waals surface area contributed by atoms with Crippen LogP contribution in [0, 0.1) is 5.92 Å². The van der Waals surface area contributed by atoms with Crippen LogP contribution in [0.2, 0.25) is 0 Å². The van der Waals surface area contributed by atoms with Gasteiger partial charge in [0.25, 0.3) is 0 Å². The monoisotopic (exact) mass is 190 g/mol. The van der Waals surface area contributed by atoms with E-state index < -0.39 is 0 Å². The summed E-state index contributed by atoms with van der Waals surface area (Å²) in [5.41, 5.74) is 1.24. The van der Waals surface area contributed by atoms with Gasteiger partial charge in [-0.15, -0.1) is 0 Å². The Morgan fingerprint density at radius 3 is 2.29 bits per heavy atom. The summed E-state index contributed by atoms with van der Waals surface area (Å²) in [5, 5.41) is 0. The standard InChI is InChI=1S/C13H18O/c1-4-10-14-13(11(2)3)12-8-6-5-7-9-12/h4-11,13H,1-3H3/b10-4+/t13-/m0/s1. The minimum Gasteiger partial charge on any atom is -0.493 e. The molecule has 0 fully saturated rings. The molecule has 0 amide bonds. The molecule has 0 radical (unpaired) electrons. The van der Waals surface area contributed by atoms with Crippen LogP contribution < -0.4 is 0 Å². The Morgan fingerprint density at radius 2 is 1.79 bits per heavy atom. The average Bonchev–Trinajstić information content (AvgIpc) is 2.19. The van der Waals surface area contributed by atoms with Gasteiger partial charge in [-0.25, -0.2) is 0 Å². The molecule has 1 aromatic rings. The van der Waals surface area contributed by atoms with E-state index in [1.54, 1.807) is 6.26 Å². The third-order valence-corrected chi connectivity index (χ3v) is 2.09. The third kappa shape index (κ3) is 2.91. The van der Waals surface area contributed by atoms with Crippen LogP contribution in [0.3, 0.4) is 0 Å². The van der Waals surface area contributed by atoms with Crippen LogP contribution in [0.4, 0.5) is 0 Å². The number of rotatable bonds is 4. The van der Waals surface area contributed by atoms with Crippen molar-refractivity contribution in [3.63, 3.8) is 0 Å². The molecule has 14 heavy (non-hydrogen) atoms. The molecular weight excluding hydrogens is 172 g/mol. The third-order valence-electron chi connectivity index (χ3n) is 2.09. The lowest BCUT2D eigenvalue weighted by molar-refractivity contribution is 0.101. The molecule has 0 unspecified atom stereocenters. The zero-order chi connectivity index (χ0) is 10.4. The normalized spacial score (nSPS) is 13.4.